The molecule has 2 atom stereocenters. The molecular formula is C24H20N4O7. The van der Waals surface area contributed by atoms with E-state index in [-0.39, 0.29) is 17.4 Å². The Balaban J connectivity index is 1.61. The number of nitro groups is 2. The molecule has 3 aromatic rings. The average molecular weight is 476 g/mol. The van der Waals surface area contributed by atoms with Crippen molar-refractivity contribution in [2.75, 3.05) is 14.2 Å². The summed E-state index contributed by atoms with van der Waals surface area (Å²) in [5.41, 5.74) is 2.56. The van der Waals surface area contributed by atoms with Gasteiger partial charge in [0.25, 0.3) is 11.4 Å². The van der Waals surface area contributed by atoms with Crippen LogP contribution in [0.5, 0.6) is 17.2 Å². The van der Waals surface area contributed by atoms with Crippen molar-refractivity contribution in [2.45, 2.75) is 18.7 Å². The summed E-state index contributed by atoms with van der Waals surface area (Å²) in [5.74, 6) is 1.59. The number of non-ortho nitro benzene ring substituents is 2. The molecule has 2 heterocycles. The second-order valence-electron chi connectivity index (χ2n) is 8.02. The van der Waals surface area contributed by atoms with Gasteiger partial charge in [-0.05, 0) is 24.3 Å². The molecule has 178 valence electrons. The molecule has 5 rings (SSSR count). The number of ether oxygens (including phenoxy) is 3. The van der Waals surface area contributed by atoms with Crippen molar-refractivity contribution in [3.63, 3.8) is 0 Å². The quantitative estimate of drug-likeness (QED) is 0.368. The SMILES string of the molecule is COc1ccc(C2=NN3C(C2)c2cc([N+](=O)[O-])ccc2OC3c2cccc([N+](=O)[O-])c2)cc1OC. The van der Waals surface area contributed by atoms with Crippen LogP contribution in [0.1, 0.15) is 35.4 Å². The van der Waals surface area contributed by atoms with Gasteiger partial charge in [0.05, 0.1) is 35.8 Å². The number of benzene rings is 3. The van der Waals surface area contributed by atoms with Gasteiger partial charge in [-0.1, -0.05) is 12.1 Å². The summed E-state index contributed by atoms with van der Waals surface area (Å²) in [7, 11) is 3.10. The van der Waals surface area contributed by atoms with E-state index in [0.29, 0.717) is 40.5 Å². The molecule has 2 aliphatic heterocycles. The zero-order chi connectivity index (χ0) is 24.7. The Hall–Kier alpha value is -4.67. The fourth-order valence-corrected chi connectivity index (χ4v) is 4.39. The van der Waals surface area contributed by atoms with Crippen LogP contribution in [0, 0.1) is 20.2 Å². The maximum Gasteiger partial charge on any atom is 0.270 e. The first kappa shape index (κ1) is 22.1. The molecule has 3 aromatic carbocycles. The van der Waals surface area contributed by atoms with Crippen molar-refractivity contribution in [2.24, 2.45) is 5.10 Å². The Bertz CT molecular complexity index is 1370. The fourth-order valence-electron chi connectivity index (χ4n) is 4.39. The molecule has 0 aliphatic carbocycles. The van der Waals surface area contributed by atoms with E-state index in [1.807, 2.05) is 12.1 Å². The van der Waals surface area contributed by atoms with Crippen molar-refractivity contribution >= 4 is 17.1 Å². The first-order chi connectivity index (χ1) is 16.9. The van der Waals surface area contributed by atoms with Gasteiger partial charge in [-0.2, -0.15) is 5.10 Å². The highest BCUT2D eigenvalue weighted by atomic mass is 16.6. The maximum absolute atomic E-state index is 11.4. The Morgan fingerprint density at radius 1 is 0.943 bits per heavy atom. The third kappa shape index (κ3) is 3.86. The summed E-state index contributed by atoms with van der Waals surface area (Å²) in [6.45, 7) is 0. The van der Waals surface area contributed by atoms with Crippen molar-refractivity contribution < 1.29 is 24.1 Å². The maximum atomic E-state index is 11.4. The Labute approximate surface area is 199 Å². The third-order valence-corrected chi connectivity index (χ3v) is 6.07. The molecule has 0 saturated heterocycles. The highest BCUT2D eigenvalue weighted by Crippen LogP contribution is 2.49. The molecule has 0 fully saturated rings. The number of hydrogen-bond donors (Lipinski definition) is 0. The van der Waals surface area contributed by atoms with Crippen molar-refractivity contribution in [1.82, 2.24) is 5.01 Å². The highest BCUT2D eigenvalue weighted by Gasteiger charge is 2.42. The monoisotopic (exact) mass is 476 g/mol. The topological polar surface area (TPSA) is 130 Å². The fraction of sp³-hybridized carbons (Fsp3) is 0.208. The van der Waals surface area contributed by atoms with Crippen LogP contribution >= 0.6 is 0 Å². The highest BCUT2D eigenvalue weighted by molar-refractivity contribution is 6.02. The minimum absolute atomic E-state index is 0.0549. The van der Waals surface area contributed by atoms with Crippen molar-refractivity contribution in [3.05, 3.63) is 97.6 Å². The zero-order valence-electron chi connectivity index (χ0n) is 18.8. The van der Waals surface area contributed by atoms with Crippen LogP contribution in [-0.2, 0) is 0 Å². The second-order valence-corrected chi connectivity index (χ2v) is 8.02. The predicted molar refractivity (Wildman–Crippen MR) is 125 cm³/mol. The minimum Gasteiger partial charge on any atom is -0.493 e. The number of methoxy groups -OCH3 is 2. The summed E-state index contributed by atoms with van der Waals surface area (Å²) in [6.07, 6.45) is -0.315. The van der Waals surface area contributed by atoms with E-state index in [4.69, 9.17) is 19.3 Å². The molecule has 0 N–H and O–H groups in total. The molecule has 2 unspecified atom stereocenters. The van der Waals surface area contributed by atoms with E-state index >= 15 is 0 Å². The van der Waals surface area contributed by atoms with E-state index in [2.05, 4.69) is 0 Å². The van der Waals surface area contributed by atoms with Crippen LogP contribution in [0.25, 0.3) is 0 Å². The van der Waals surface area contributed by atoms with Crippen LogP contribution in [-0.4, -0.2) is 34.8 Å². The van der Waals surface area contributed by atoms with Crippen LogP contribution in [0.2, 0.25) is 0 Å². The van der Waals surface area contributed by atoms with E-state index in [1.165, 1.54) is 24.3 Å². The lowest BCUT2D eigenvalue weighted by Crippen LogP contribution is -2.33. The number of nitro benzene ring substituents is 2. The van der Waals surface area contributed by atoms with Gasteiger partial charge >= 0.3 is 0 Å². The Kier molecular flexibility index (Phi) is 5.44. The average Bonchev–Trinajstić information content (AvgIpc) is 3.33. The number of hydrazone groups is 1. The summed E-state index contributed by atoms with van der Waals surface area (Å²) < 4.78 is 16.9. The molecular weight excluding hydrogens is 456 g/mol. The lowest BCUT2D eigenvalue weighted by molar-refractivity contribution is -0.385. The molecule has 2 aliphatic rings. The number of fused-ring (bicyclic) bond motifs is 3. The van der Waals surface area contributed by atoms with Crippen LogP contribution in [0.3, 0.4) is 0 Å². The normalized spacial score (nSPS) is 18.1. The van der Waals surface area contributed by atoms with Gasteiger partial charge in [0, 0.05) is 47.4 Å². The molecule has 0 saturated carbocycles. The lowest BCUT2D eigenvalue weighted by atomic mass is 9.95. The number of hydrogen-bond acceptors (Lipinski definition) is 9. The van der Waals surface area contributed by atoms with E-state index in [0.717, 1.165) is 5.56 Å². The van der Waals surface area contributed by atoms with Gasteiger partial charge in [-0.15, -0.1) is 0 Å². The predicted octanol–water partition coefficient (Wildman–Crippen LogP) is 4.76. The number of nitrogens with zero attached hydrogens (tertiary/aromatic N) is 4. The summed E-state index contributed by atoms with van der Waals surface area (Å²) in [4.78, 5) is 21.8. The molecule has 0 spiro atoms. The van der Waals surface area contributed by atoms with Gasteiger partial charge in [0.15, 0.2) is 11.5 Å². The van der Waals surface area contributed by atoms with E-state index in [1.54, 1.807) is 43.5 Å². The number of rotatable bonds is 6. The summed E-state index contributed by atoms with van der Waals surface area (Å²) in [5, 5.41) is 29.3. The molecule has 0 bridgehead atoms. The van der Waals surface area contributed by atoms with Gasteiger partial charge in [0.2, 0.25) is 6.23 Å². The molecule has 11 nitrogen and oxygen atoms in total. The molecule has 0 radical (unpaired) electrons. The molecule has 0 aromatic heterocycles. The molecule has 0 amide bonds. The van der Waals surface area contributed by atoms with Crippen LogP contribution in [0.15, 0.2) is 65.8 Å². The van der Waals surface area contributed by atoms with Crippen LogP contribution < -0.4 is 14.2 Å². The summed E-state index contributed by atoms with van der Waals surface area (Å²) >= 11 is 0. The smallest absolute Gasteiger partial charge is 0.270 e. The van der Waals surface area contributed by atoms with Gasteiger partial charge in [-0.25, -0.2) is 5.01 Å². The Morgan fingerprint density at radius 3 is 2.40 bits per heavy atom. The second kappa shape index (κ2) is 8.60. The standard InChI is InChI=1S/C24H20N4O7/c1-33-22-8-6-14(11-23(22)34-2)19-13-20-18-12-17(28(31)32)7-9-21(18)35-24(26(20)25-19)15-4-3-5-16(10-15)27(29)30/h3-12,20,24H,13H2,1-2H3. The van der Waals surface area contributed by atoms with E-state index in [9.17, 15) is 20.2 Å². The zero-order valence-corrected chi connectivity index (χ0v) is 18.8. The van der Waals surface area contributed by atoms with Crippen LogP contribution in [0.4, 0.5) is 11.4 Å². The summed E-state index contributed by atoms with van der Waals surface area (Å²) in [6, 6.07) is 15.7. The van der Waals surface area contributed by atoms with E-state index < -0.39 is 16.1 Å². The van der Waals surface area contributed by atoms with Gasteiger partial charge in [-0.3, -0.25) is 20.2 Å². The minimum atomic E-state index is -0.758. The molecule has 35 heavy (non-hydrogen) atoms. The largest absolute Gasteiger partial charge is 0.493 e. The Morgan fingerprint density at radius 2 is 1.69 bits per heavy atom. The van der Waals surface area contributed by atoms with Crippen molar-refractivity contribution in [1.29, 1.82) is 0 Å². The van der Waals surface area contributed by atoms with Crippen molar-refractivity contribution in [3.8, 4) is 17.2 Å². The van der Waals surface area contributed by atoms with Gasteiger partial charge in [0.1, 0.15) is 5.75 Å². The third-order valence-electron chi connectivity index (χ3n) is 6.07. The first-order valence-corrected chi connectivity index (χ1v) is 10.7. The van der Waals surface area contributed by atoms with Gasteiger partial charge < -0.3 is 14.2 Å². The first-order valence-electron chi connectivity index (χ1n) is 10.7. The lowest BCUT2D eigenvalue weighted by Gasteiger charge is -2.38. The molecule has 11 heteroatoms.